The number of amides is 1. The Labute approximate surface area is 119 Å². The van der Waals surface area contributed by atoms with Gasteiger partial charge in [0, 0.05) is 19.5 Å². The van der Waals surface area contributed by atoms with Gasteiger partial charge in [0.25, 0.3) is 0 Å². The highest BCUT2D eigenvalue weighted by Gasteiger charge is 2.05. The van der Waals surface area contributed by atoms with Gasteiger partial charge in [-0.15, -0.1) is 0 Å². The van der Waals surface area contributed by atoms with Crippen molar-refractivity contribution in [2.45, 2.75) is 19.5 Å². The first kappa shape index (κ1) is 14.3. The minimum Gasteiger partial charge on any atom is -0.467 e. The lowest BCUT2D eigenvalue weighted by Crippen LogP contribution is -2.28. The molecule has 1 N–H and O–H groups in total. The van der Waals surface area contributed by atoms with Crippen LogP contribution >= 0.6 is 0 Å². The maximum absolute atomic E-state index is 11.7. The van der Waals surface area contributed by atoms with E-state index < -0.39 is 0 Å². The first-order valence-corrected chi connectivity index (χ1v) is 6.75. The van der Waals surface area contributed by atoms with Gasteiger partial charge in [-0.25, -0.2) is 0 Å². The molecule has 0 bridgehead atoms. The minimum atomic E-state index is 0.0429. The molecule has 1 aromatic carbocycles. The summed E-state index contributed by atoms with van der Waals surface area (Å²) in [4.78, 5) is 13.9. The van der Waals surface area contributed by atoms with Crippen LogP contribution in [0, 0.1) is 0 Å². The molecule has 0 spiro atoms. The van der Waals surface area contributed by atoms with Gasteiger partial charge in [-0.05, 0) is 24.7 Å². The fraction of sp³-hybridized carbons (Fsp3) is 0.312. The Balaban J connectivity index is 1.65. The number of nitrogens with zero attached hydrogens (tertiary/aromatic N) is 1. The summed E-state index contributed by atoms with van der Waals surface area (Å²) in [5.41, 5.74) is 1.26. The van der Waals surface area contributed by atoms with Gasteiger partial charge in [-0.1, -0.05) is 30.3 Å². The Morgan fingerprint density at radius 1 is 1.20 bits per heavy atom. The summed E-state index contributed by atoms with van der Waals surface area (Å²) in [6, 6.07) is 13.9. The van der Waals surface area contributed by atoms with Crippen LogP contribution in [0.2, 0.25) is 0 Å². The van der Waals surface area contributed by atoms with Crippen LogP contribution in [0.5, 0.6) is 0 Å². The second kappa shape index (κ2) is 7.50. The molecule has 0 saturated heterocycles. The van der Waals surface area contributed by atoms with Crippen LogP contribution in [0.3, 0.4) is 0 Å². The van der Waals surface area contributed by atoms with Crippen molar-refractivity contribution in [2.24, 2.45) is 0 Å². The van der Waals surface area contributed by atoms with Crippen molar-refractivity contribution >= 4 is 5.91 Å². The van der Waals surface area contributed by atoms with E-state index in [2.05, 4.69) is 22.3 Å². The van der Waals surface area contributed by atoms with E-state index in [0.717, 1.165) is 18.8 Å². The number of nitrogens with one attached hydrogen (secondary N) is 1. The van der Waals surface area contributed by atoms with Crippen molar-refractivity contribution in [1.29, 1.82) is 0 Å². The number of benzene rings is 1. The van der Waals surface area contributed by atoms with Crippen LogP contribution in [0.25, 0.3) is 0 Å². The molecular weight excluding hydrogens is 252 g/mol. The van der Waals surface area contributed by atoms with Crippen LogP contribution < -0.4 is 5.32 Å². The van der Waals surface area contributed by atoms with Crippen LogP contribution in [0.1, 0.15) is 17.7 Å². The first-order chi connectivity index (χ1) is 9.74. The molecule has 1 aromatic heterocycles. The van der Waals surface area contributed by atoms with Gasteiger partial charge >= 0.3 is 0 Å². The van der Waals surface area contributed by atoms with Crippen molar-refractivity contribution in [3.63, 3.8) is 0 Å². The van der Waals surface area contributed by atoms with Crippen molar-refractivity contribution < 1.29 is 9.21 Å². The number of carbonyl (C=O) groups is 1. The summed E-state index contributed by atoms with van der Waals surface area (Å²) in [7, 11) is 2.02. The maximum Gasteiger partial charge on any atom is 0.221 e. The summed E-state index contributed by atoms with van der Waals surface area (Å²) in [5.74, 6) is 0.817. The van der Waals surface area contributed by atoms with Crippen LogP contribution in [-0.2, 0) is 17.9 Å². The quantitative estimate of drug-likeness (QED) is 0.842. The number of hydrogen-bond donors (Lipinski definition) is 1. The smallest absolute Gasteiger partial charge is 0.221 e. The highest BCUT2D eigenvalue weighted by Crippen LogP contribution is 2.03. The standard InChI is InChI=1S/C16H20N2O2/c1-18(13-14-6-3-2-4-7-14)10-9-16(19)17-12-15-8-5-11-20-15/h2-8,11H,9-10,12-13H2,1H3,(H,17,19). The summed E-state index contributed by atoms with van der Waals surface area (Å²) in [5, 5.41) is 2.84. The second-order valence-electron chi connectivity index (χ2n) is 4.83. The third kappa shape index (κ3) is 4.90. The Hall–Kier alpha value is -2.07. The van der Waals surface area contributed by atoms with Gasteiger partial charge in [0.2, 0.25) is 5.91 Å². The summed E-state index contributed by atoms with van der Waals surface area (Å²) < 4.78 is 5.16. The van der Waals surface area contributed by atoms with Crippen molar-refractivity contribution in [3.05, 3.63) is 60.1 Å². The molecule has 0 fully saturated rings. The second-order valence-corrected chi connectivity index (χ2v) is 4.83. The normalized spacial score (nSPS) is 10.7. The van der Waals surface area contributed by atoms with Gasteiger partial charge in [-0.3, -0.25) is 4.79 Å². The highest BCUT2D eigenvalue weighted by molar-refractivity contribution is 5.75. The van der Waals surface area contributed by atoms with Gasteiger partial charge in [0.1, 0.15) is 5.76 Å². The fourth-order valence-corrected chi connectivity index (χ4v) is 1.95. The van der Waals surface area contributed by atoms with Crippen LogP contribution in [0.4, 0.5) is 0 Å². The van der Waals surface area contributed by atoms with Crippen molar-refractivity contribution in [2.75, 3.05) is 13.6 Å². The zero-order valence-electron chi connectivity index (χ0n) is 11.7. The lowest BCUT2D eigenvalue weighted by molar-refractivity contribution is -0.121. The molecular formula is C16H20N2O2. The van der Waals surface area contributed by atoms with Gasteiger partial charge in [0.05, 0.1) is 12.8 Å². The van der Waals surface area contributed by atoms with Crippen LogP contribution in [0.15, 0.2) is 53.1 Å². The molecule has 2 rings (SSSR count). The predicted molar refractivity (Wildman–Crippen MR) is 77.9 cm³/mol. The lowest BCUT2D eigenvalue weighted by Gasteiger charge is -2.16. The van der Waals surface area contributed by atoms with Gasteiger partial charge < -0.3 is 14.6 Å². The molecule has 0 aliphatic heterocycles. The molecule has 0 aliphatic rings. The molecule has 1 amide bonds. The highest BCUT2D eigenvalue weighted by atomic mass is 16.3. The molecule has 0 saturated carbocycles. The minimum absolute atomic E-state index is 0.0429. The zero-order chi connectivity index (χ0) is 14.2. The monoisotopic (exact) mass is 272 g/mol. The summed E-state index contributed by atoms with van der Waals surface area (Å²) in [6.07, 6.45) is 2.10. The topological polar surface area (TPSA) is 45.5 Å². The molecule has 0 radical (unpaired) electrons. The first-order valence-electron chi connectivity index (χ1n) is 6.75. The molecule has 4 nitrogen and oxygen atoms in total. The fourth-order valence-electron chi connectivity index (χ4n) is 1.95. The van der Waals surface area contributed by atoms with E-state index in [1.807, 2.05) is 37.4 Å². The summed E-state index contributed by atoms with van der Waals surface area (Å²) >= 11 is 0. The number of furan rings is 1. The van der Waals surface area contributed by atoms with Gasteiger partial charge in [0.15, 0.2) is 0 Å². The van der Waals surface area contributed by atoms with E-state index in [0.29, 0.717) is 13.0 Å². The van der Waals surface area contributed by atoms with Crippen molar-refractivity contribution in [1.82, 2.24) is 10.2 Å². The maximum atomic E-state index is 11.7. The van der Waals surface area contributed by atoms with E-state index in [1.54, 1.807) is 6.26 Å². The zero-order valence-corrected chi connectivity index (χ0v) is 11.7. The molecule has 1 heterocycles. The Morgan fingerprint density at radius 3 is 2.70 bits per heavy atom. The summed E-state index contributed by atoms with van der Waals surface area (Å²) in [6.45, 7) is 2.04. The molecule has 2 aromatic rings. The molecule has 0 aliphatic carbocycles. The largest absolute Gasteiger partial charge is 0.467 e. The van der Waals surface area contributed by atoms with E-state index in [1.165, 1.54) is 5.56 Å². The van der Waals surface area contributed by atoms with E-state index in [9.17, 15) is 4.79 Å². The van der Waals surface area contributed by atoms with Crippen molar-refractivity contribution in [3.8, 4) is 0 Å². The average Bonchev–Trinajstić information content (AvgIpc) is 2.97. The SMILES string of the molecule is CN(CCC(=O)NCc1ccco1)Cc1ccccc1. The number of hydrogen-bond acceptors (Lipinski definition) is 3. The van der Waals surface area contributed by atoms with E-state index in [4.69, 9.17) is 4.42 Å². The van der Waals surface area contributed by atoms with E-state index >= 15 is 0 Å². The van der Waals surface area contributed by atoms with Crippen LogP contribution in [-0.4, -0.2) is 24.4 Å². The third-order valence-electron chi connectivity index (χ3n) is 3.06. The Morgan fingerprint density at radius 2 is 2.00 bits per heavy atom. The average molecular weight is 272 g/mol. The molecule has 0 atom stereocenters. The van der Waals surface area contributed by atoms with Gasteiger partial charge in [-0.2, -0.15) is 0 Å². The number of carbonyl (C=O) groups excluding carboxylic acids is 1. The lowest BCUT2D eigenvalue weighted by atomic mass is 10.2. The third-order valence-corrected chi connectivity index (χ3v) is 3.06. The molecule has 106 valence electrons. The predicted octanol–water partition coefficient (Wildman–Crippen LogP) is 2.42. The molecule has 20 heavy (non-hydrogen) atoms. The van der Waals surface area contributed by atoms with E-state index in [-0.39, 0.29) is 5.91 Å². The number of rotatable bonds is 7. The Kier molecular flexibility index (Phi) is 5.38. The molecule has 4 heteroatoms. The molecule has 0 unspecified atom stereocenters. The Bertz CT molecular complexity index is 509.